The van der Waals surface area contributed by atoms with E-state index in [1.54, 1.807) is 0 Å². The topological polar surface area (TPSA) is 28.2 Å². The smallest absolute Gasteiger partial charge is 0.0573 e. The highest BCUT2D eigenvalue weighted by atomic mass is 15.2. The van der Waals surface area contributed by atoms with Crippen molar-refractivity contribution in [2.45, 2.75) is 59.2 Å². The van der Waals surface area contributed by atoms with Gasteiger partial charge in [-0.2, -0.15) is 0 Å². The summed E-state index contributed by atoms with van der Waals surface area (Å²) in [5, 5.41) is 3.70. The SMILES string of the molecule is CCCNC1CCN(Cc2ncccc2C)C(C)C1C. The van der Waals surface area contributed by atoms with Gasteiger partial charge in [-0.1, -0.05) is 19.9 Å². The lowest BCUT2D eigenvalue weighted by molar-refractivity contribution is 0.0772. The second kappa shape index (κ2) is 7.19. The number of aryl methyl sites for hydroxylation is 1. The van der Waals surface area contributed by atoms with Crippen LogP contribution in [0.5, 0.6) is 0 Å². The summed E-state index contributed by atoms with van der Waals surface area (Å²) < 4.78 is 0. The quantitative estimate of drug-likeness (QED) is 0.895. The maximum absolute atomic E-state index is 4.54. The molecule has 1 aliphatic heterocycles. The minimum atomic E-state index is 0.611. The van der Waals surface area contributed by atoms with Crippen LogP contribution in [0.2, 0.25) is 0 Å². The molecular weight excluding hydrogens is 246 g/mol. The summed E-state index contributed by atoms with van der Waals surface area (Å²) in [4.78, 5) is 7.13. The fraction of sp³-hybridized carbons (Fsp3) is 0.706. The minimum Gasteiger partial charge on any atom is -0.314 e. The first-order valence-corrected chi connectivity index (χ1v) is 8.01. The van der Waals surface area contributed by atoms with Crippen LogP contribution >= 0.6 is 0 Å². The van der Waals surface area contributed by atoms with Crippen molar-refractivity contribution in [2.24, 2.45) is 5.92 Å². The van der Waals surface area contributed by atoms with E-state index in [0.717, 1.165) is 13.1 Å². The van der Waals surface area contributed by atoms with Crippen LogP contribution in [0.15, 0.2) is 18.3 Å². The van der Waals surface area contributed by atoms with E-state index in [1.807, 2.05) is 12.3 Å². The number of likely N-dealkylation sites (tertiary alicyclic amines) is 1. The third-order valence-electron chi connectivity index (χ3n) is 4.83. The van der Waals surface area contributed by atoms with Crippen LogP contribution in [0.3, 0.4) is 0 Å². The first kappa shape index (κ1) is 15.5. The van der Waals surface area contributed by atoms with Crippen molar-refractivity contribution in [2.75, 3.05) is 13.1 Å². The van der Waals surface area contributed by atoms with Crippen molar-refractivity contribution >= 4 is 0 Å². The van der Waals surface area contributed by atoms with Gasteiger partial charge in [0.15, 0.2) is 0 Å². The lowest BCUT2D eigenvalue weighted by atomic mass is 9.86. The van der Waals surface area contributed by atoms with E-state index in [9.17, 15) is 0 Å². The molecule has 1 aromatic rings. The van der Waals surface area contributed by atoms with Crippen LogP contribution in [0.1, 0.15) is 44.9 Å². The molecule has 0 saturated carbocycles. The van der Waals surface area contributed by atoms with Crippen molar-refractivity contribution in [1.29, 1.82) is 0 Å². The molecule has 3 nitrogen and oxygen atoms in total. The molecule has 1 saturated heterocycles. The summed E-state index contributed by atoms with van der Waals surface area (Å²) in [6.45, 7) is 12.4. The number of pyridine rings is 1. The lowest BCUT2D eigenvalue weighted by Gasteiger charge is -2.43. The van der Waals surface area contributed by atoms with Crippen LogP contribution in [0.4, 0.5) is 0 Å². The van der Waals surface area contributed by atoms with Crippen LogP contribution in [-0.2, 0) is 6.54 Å². The second-order valence-corrected chi connectivity index (χ2v) is 6.19. The Labute approximate surface area is 123 Å². The van der Waals surface area contributed by atoms with E-state index in [0.29, 0.717) is 18.0 Å². The summed E-state index contributed by atoms with van der Waals surface area (Å²) in [6, 6.07) is 5.46. The first-order valence-electron chi connectivity index (χ1n) is 8.01. The average molecular weight is 275 g/mol. The molecule has 0 spiro atoms. The molecule has 1 fully saturated rings. The Bertz CT molecular complexity index is 418. The van der Waals surface area contributed by atoms with Gasteiger partial charge in [0.2, 0.25) is 0 Å². The summed E-state index contributed by atoms with van der Waals surface area (Å²) in [6.07, 6.45) is 4.37. The van der Waals surface area contributed by atoms with Crippen LogP contribution in [-0.4, -0.2) is 35.1 Å². The van der Waals surface area contributed by atoms with Gasteiger partial charge in [-0.15, -0.1) is 0 Å². The van der Waals surface area contributed by atoms with E-state index in [4.69, 9.17) is 0 Å². The lowest BCUT2D eigenvalue weighted by Crippen LogP contribution is -2.53. The fourth-order valence-corrected chi connectivity index (χ4v) is 3.16. The van der Waals surface area contributed by atoms with Gasteiger partial charge in [0, 0.05) is 31.4 Å². The number of piperidine rings is 1. The molecule has 2 rings (SSSR count). The standard InChI is InChI=1S/C17H29N3/c1-5-9-18-16-8-11-20(15(4)14(16)3)12-17-13(2)7-6-10-19-17/h6-7,10,14-16,18H,5,8-9,11-12H2,1-4H3. The number of hydrogen-bond acceptors (Lipinski definition) is 3. The zero-order valence-electron chi connectivity index (χ0n) is 13.4. The van der Waals surface area contributed by atoms with Crippen LogP contribution in [0.25, 0.3) is 0 Å². The number of nitrogens with zero attached hydrogens (tertiary/aromatic N) is 2. The van der Waals surface area contributed by atoms with E-state index < -0.39 is 0 Å². The molecular formula is C17H29N3. The molecule has 20 heavy (non-hydrogen) atoms. The Morgan fingerprint density at radius 2 is 2.20 bits per heavy atom. The number of nitrogens with one attached hydrogen (secondary N) is 1. The predicted molar refractivity (Wildman–Crippen MR) is 84.7 cm³/mol. The highest BCUT2D eigenvalue weighted by molar-refractivity contribution is 5.17. The van der Waals surface area contributed by atoms with Gasteiger partial charge in [-0.3, -0.25) is 9.88 Å². The van der Waals surface area contributed by atoms with Crippen molar-refractivity contribution in [3.05, 3.63) is 29.6 Å². The molecule has 1 aliphatic rings. The van der Waals surface area contributed by atoms with E-state index in [-0.39, 0.29) is 0 Å². The van der Waals surface area contributed by atoms with Gasteiger partial charge >= 0.3 is 0 Å². The molecule has 3 atom stereocenters. The number of rotatable bonds is 5. The van der Waals surface area contributed by atoms with Crippen LogP contribution in [0, 0.1) is 12.8 Å². The molecule has 0 bridgehead atoms. The Kier molecular flexibility index (Phi) is 5.55. The Morgan fingerprint density at radius 3 is 2.90 bits per heavy atom. The molecule has 1 aromatic heterocycles. The van der Waals surface area contributed by atoms with Gasteiger partial charge in [-0.25, -0.2) is 0 Å². The van der Waals surface area contributed by atoms with E-state index in [2.05, 4.69) is 49.0 Å². The first-order chi connectivity index (χ1) is 9.63. The number of hydrogen-bond donors (Lipinski definition) is 1. The Hall–Kier alpha value is -0.930. The van der Waals surface area contributed by atoms with Gasteiger partial charge < -0.3 is 5.32 Å². The van der Waals surface area contributed by atoms with Gasteiger partial charge in [0.25, 0.3) is 0 Å². The zero-order chi connectivity index (χ0) is 14.5. The number of aromatic nitrogens is 1. The highest BCUT2D eigenvalue weighted by Gasteiger charge is 2.32. The normalized spacial score (nSPS) is 27.7. The molecule has 112 valence electrons. The molecule has 3 heteroatoms. The van der Waals surface area contributed by atoms with Crippen molar-refractivity contribution in [3.8, 4) is 0 Å². The van der Waals surface area contributed by atoms with Crippen molar-refractivity contribution in [3.63, 3.8) is 0 Å². The molecule has 0 radical (unpaired) electrons. The second-order valence-electron chi connectivity index (χ2n) is 6.19. The van der Waals surface area contributed by atoms with E-state index in [1.165, 1.54) is 30.6 Å². The summed E-state index contributed by atoms with van der Waals surface area (Å²) >= 11 is 0. The molecule has 2 heterocycles. The van der Waals surface area contributed by atoms with Crippen molar-refractivity contribution < 1.29 is 0 Å². The van der Waals surface area contributed by atoms with Gasteiger partial charge in [0.1, 0.15) is 0 Å². The third kappa shape index (κ3) is 3.58. The maximum atomic E-state index is 4.54. The monoisotopic (exact) mass is 275 g/mol. The van der Waals surface area contributed by atoms with Gasteiger partial charge in [0.05, 0.1) is 5.69 Å². The fourth-order valence-electron chi connectivity index (χ4n) is 3.16. The van der Waals surface area contributed by atoms with Crippen LogP contribution < -0.4 is 5.32 Å². The summed E-state index contributed by atoms with van der Waals surface area (Å²) in [5.41, 5.74) is 2.53. The third-order valence-corrected chi connectivity index (χ3v) is 4.83. The molecule has 0 amide bonds. The minimum absolute atomic E-state index is 0.611. The largest absolute Gasteiger partial charge is 0.314 e. The van der Waals surface area contributed by atoms with Gasteiger partial charge in [-0.05, 0) is 50.8 Å². The highest BCUT2D eigenvalue weighted by Crippen LogP contribution is 2.25. The molecule has 3 unspecified atom stereocenters. The Morgan fingerprint density at radius 1 is 1.40 bits per heavy atom. The predicted octanol–water partition coefficient (Wildman–Crippen LogP) is 2.99. The summed E-state index contributed by atoms with van der Waals surface area (Å²) in [7, 11) is 0. The average Bonchev–Trinajstić information content (AvgIpc) is 2.45. The molecule has 0 aliphatic carbocycles. The maximum Gasteiger partial charge on any atom is 0.0573 e. The van der Waals surface area contributed by atoms with Crippen molar-refractivity contribution in [1.82, 2.24) is 15.2 Å². The summed E-state index contributed by atoms with van der Waals surface area (Å²) in [5.74, 6) is 0.694. The molecule has 1 N–H and O–H groups in total. The van der Waals surface area contributed by atoms with E-state index >= 15 is 0 Å². The molecule has 0 aromatic carbocycles. The zero-order valence-corrected chi connectivity index (χ0v) is 13.4. The Balaban J connectivity index is 1.97.